The van der Waals surface area contributed by atoms with Gasteiger partial charge in [-0.1, -0.05) is 0 Å². The Hall–Kier alpha value is -0.990. The molecule has 116 valence electrons. The van der Waals surface area contributed by atoms with Crippen molar-refractivity contribution in [3.8, 4) is 0 Å². The zero-order valence-corrected chi connectivity index (χ0v) is 11.6. The molecule has 2 saturated heterocycles. The largest absolute Gasteiger partial charge is 0.508 e. The summed E-state index contributed by atoms with van der Waals surface area (Å²) in [6, 6.07) is 0. The topological polar surface area (TPSA) is 141 Å². The molecule has 3 atom stereocenters. The fourth-order valence-corrected chi connectivity index (χ4v) is 2.97. The van der Waals surface area contributed by atoms with Crippen molar-refractivity contribution < 1.29 is 47.8 Å². The molecule has 0 aromatic rings. The molecule has 0 N–H and O–H groups in total. The van der Waals surface area contributed by atoms with Gasteiger partial charge in [-0.25, -0.2) is 17.3 Å². The first kappa shape index (κ1) is 15.4. The first-order valence-corrected chi connectivity index (χ1v) is 7.79. The Kier molecular flexibility index (Phi) is 4.17. The summed E-state index contributed by atoms with van der Waals surface area (Å²) in [6.07, 6.45) is -5.05. The van der Waals surface area contributed by atoms with Crippen molar-refractivity contribution in [3.05, 3.63) is 0 Å². The van der Waals surface area contributed by atoms with Crippen LogP contribution in [0, 0.1) is 0 Å². The monoisotopic (exact) mass is 334 g/mol. The molecular formula is C7H10O11S2. The molecule has 3 unspecified atom stereocenters. The average molecular weight is 334 g/mol. The molecule has 11 nitrogen and oxygen atoms in total. The maximum Gasteiger partial charge on any atom is 0.508 e. The third-order valence-corrected chi connectivity index (χ3v) is 4.17. The molecule has 2 fully saturated rings. The van der Waals surface area contributed by atoms with Crippen molar-refractivity contribution in [3.63, 3.8) is 0 Å². The van der Waals surface area contributed by atoms with Gasteiger partial charge >= 0.3 is 27.0 Å². The van der Waals surface area contributed by atoms with E-state index >= 15 is 0 Å². The van der Waals surface area contributed by atoms with Gasteiger partial charge in [0.2, 0.25) is 0 Å². The molecule has 0 amide bonds. The Bertz CT molecular complexity index is 578. The van der Waals surface area contributed by atoms with Crippen LogP contribution in [0.5, 0.6) is 0 Å². The molecule has 0 radical (unpaired) electrons. The van der Waals surface area contributed by atoms with Crippen molar-refractivity contribution >= 4 is 27.0 Å². The van der Waals surface area contributed by atoms with Crippen LogP contribution in [0.2, 0.25) is 0 Å². The molecule has 0 saturated carbocycles. The van der Waals surface area contributed by atoms with Crippen LogP contribution in [0.15, 0.2) is 0 Å². The summed E-state index contributed by atoms with van der Waals surface area (Å²) < 4.78 is 71.3. The van der Waals surface area contributed by atoms with Crippen LogP contribution in [-0.4, -0.2) is 61.6 Å². The summed E-state index contributed by atoms with van der Waals surface area (Å²) in [5.74, 6) is 0. The minimum Gasteiger partial charge on any atom is -0.430 e. The summed E-state index contributed by atoms with van der Waals surface area (Å²) in [6.45, 7) is -0.830. The summed E-state index contributed by atoms with van der Waals surface area (Å²) >= 11 is 0. The quantitative estimate of drug-likeness (QED) is 0.540. The zero-order valence-electron chi connectivity index (χ0n) is 9.95. The van der Waals surface area contributed by atoms with Gasteiger partial charge in [0, 0.05) is 0 Å². The lowest BCUT2D eigenvalue weighted by Crippen LogP contribution is -2.44. The van der Waals surface area contributed by atoms with E-state index in [0.29, 0.717) is 0 Å². The first-order chi connectivity index (χ1) is 9.22. The van der Waals surface area contributed by atoms with Crippen LogP contribution in [0.4, 0.5) is 4.79 Å². The van der Waals surface area contributed by atoms with Gasteiger partial charge in [0.05, 0.1) is 13.7 Å². The SMILES string of the molecule is COS(=O)(=O)OC(C1COC(=O)O1)C1COS(=O)(=O)O1. The molecule has 0 bridgehead atoms. The second-order valence-electron chi connectivity index (χ2n) is 3.68. The molecule has 2 aliphatic heterocycles. The normalized spacial score (nSPS) is 30.8. The number of ether oxygens (including phenoxy) is 2. The Labute approximate surface area is 114 Å². The van der Waals surface area contributed by atoms with Crippen LogP contribution in [-0.2, 0) is 47.0 Å². The van der Waals surface area contributed by atoms with Gasteiger partial charge in [0.25, 0.3) is 0 Å². The van der Waals surface area contributed by atoms with Gasteiger partial charge < -0.3 is 9.47 Å². The molecule has 0 aromatic heterocycles. The number of rotatable bonds is 5. The van der Waals surface area contributed by atoms with Crippen molar-refractivity contribution in [1.29, 1.82) is 0 Å². The highest BCUT2D eigenvalue weighted by Gasteiger charge is 2.47. The van der Waals surface area contributed by atoms with Crippen LogP contribution >= 0.6 is 0 Å². The summed E-state index contributed by atoms with van der Waals surface area (Å²) in [7, 11) is -7.83. The predicted octanol–water partition coefficient (Wildman–Crippen LogP) is -1.54. The van der Waals surface area contributed by atoms with E-state index in [1.54, 1.807) is 0 Å². The van der Waals surface area contributed by atoms with E-state index in [0.717, 1.165) is 7.11 Å². The predicted molar refractivity (Wildman–Crippen MR) is 56.8 cm³/mol. The lowest BCUT2D eigenvalue weighted by molar-refractivity contribution is -0.0175. The minimum atomic E-state index is -4.43. The van der Waals surface area contributed by atoms with Gasteiger partial charge in [-0.2, -0.15) is 16.8 Å². The number of cyclic esters (lactones) is 2. The lowest BCUT2D eigenvalue weighted by Gasteiger charge is -2.22. The van der Waals surface area contributed by atoms with E-state index in [2.05, 4.69) is 26.2 Å². The molecular weight excluding hydrogens is 324 g/mol. The maximum atomic E-state index is 11.3. The molecule has 0 spiro atoms. The van der Waals surface area contributed by atoms with Gasteiger partial charge in [-0.3, -0.25) is 4.18 Å². The smallest absolute Gasteiger partial charge is 0.430 e. The summed E-state index contributed by atoms with van der Waals surface area (Å²) in [4.78, 5) is 10.9. The standard InChI is InChI=1S/C7H10O11S2/c1-13-19(9,10)18-6(4-2-14-7(8)16-4)5-3-15-20(11,12)17-5/h4-6H,2-3H2,1H3. The van der Waals surface area contributed by atoms with E-state index < -0.39 is 51.9 Å². The highest BCUT2D eigenvalue weighted by atomic mass is 32.3. The zero-order chi connectivity index (χ0) is 15.0. The summed E-state index contributed by atoms with van der Waals surface area (Å²) in [5, 5.41) is 0. The van der Waals surface area contributed by atoms with Crippen molar-refractivity contribution in [2.45, 2.75) is 18.3 Å². The van der Waals surface area contributed by atoms with Crippen molar-refractivity contribution in [1.82, 2.24) is 0 Å². The first-order valence-electron chi connectivity index (χ1n) is 5.12. The van der Waals surface area contributed by atoms with Crippen LogP contribution in [0.1, 0.15) is 0 Å². The molecule has 0 aliphatic carbocycles. The minimum absolute atomic E-state index is 0.331. The number of carbonyl (C=O) groups is 1. The summed E-state index contributed by atoms with van der Waals surface area (Å²) in [5.41, 5.74) is 0. The van der Waals surface area contributed by atoms with Crippen molar-refractivity contribution in [2.75, 3.05) is 20.3 Å². The maximum absolute atomic E-state index is 11.3. The van der Waals surface area contributed by atoms with E-state index in [1.165, 1.54) is 0 Å². The fourth-order valence-electron chi connectivity index (χ4n) is 1.55. The highest BCUT2D eigenvalue weighted by molar-refractivity contribution is 7.82. The average Bonchev–Trinajstić information content (AvgIpc) is 2.92. The van der Waals surface area contributed by atoms with Crippen LogP contribution in [0.25, 0.3) is 0 Å². The van der Waals surface area contributed by atoms with Crippen LogP contribution < -0.4 is 0 Å². The van der Waals surface area contributed by atoms with Crippen LogP contribution in [0.3, 0.4) is 0 Å². The Balaban J connectivity index is 2.18. The van der Waals surface area contributed by atoms with Gasteiger partial charge in [-0.05, 0) is 0 Å². The highest BCUT2D eigenvalue weighted by Crippen LogP contribution is 2.25. The second kappa shape index (κ2) is 5.42. The molecule has 13 heteroatoms. The number of carbonyl (C=O) groups excluding carboxylic acids is 1. The number of hydrogen-bond donors (Lipinski definition) is 0. The molecule has 0 aromatic carbocycles. The van der Waals surface area contributed by atoms with E-state index in [9.17, 15) is 21.6 Å². The number of hydrogen-bond acceptors (Lipinski definition) is 11. The molecule has 20 heavy (non-hydrogen) atoms. The third kappa shape index (κ3) is 3.56. The Morgan fingerprint density at radius 3 is 2.45 bits per heavy atom. The molecule has 2 aliphatic rings. The molecule has 2 rings (SSSR count). The van der Waals surface area contributed by atoms with Gasteiger partial charge in [-0.15, -0.1) is 0 Å². The lowest BCUT2D eigenvalue weighted by atomic mass is 10.1. The van der Waals surface area contributed by atoms with Crippen molar-refractivity contribution in [2.24, 2.45) is 0 Å². The van der Waals surface area contributed by atoms with Gasteiger partial charge in [0.15, 0.2) is 6.10 Å². The van der Waals surface area contributed by atoms with E-state index in [4.69, 9.17) is 0 Å². The van der Waals surface area contributed by atoms with Gasteiger partial charge in [0.1, 0.15) is 18.8 Å². The van der Waals surface area contributed by atoms with E-state index in [-0.39, 0.29) is 6.61 Å². The van der Waals surface area contributed by atoms with E-state index in [1.807, 2.05) is 0 Å². The Morgan fingerprint density at radius 2 is 2.00 bits per heavy atom. The second-order valence-corrected chi connectivity index (χ2v) is 6.27. The Morgan fingerprint density at radius 1 is 1.30 bits per heavy atom. The fraction of sp³-hybridized carbons (Fsp3) is 0.857. The molecule has 2 heterocycles. The third-order valence-electron chi connectivity index (χ3n) is 2.40.